The Hall–Kier alpha value is -0.180. The molecule has 1 atom stereocenters. The van der Waals surface area contributed by atoms with Crippen LogP contribution in [0.4, 0.5) is 8.78 Å². The molecule has 62 valence electrons. The van der Waals surface area contributed by atoms with Crippen LogP contribution >= 0.6 is 0 Å². The number of rotatable bonds is 3. The third-order valence-corrected chi connectivity index (χ3v) is 2.09. The zero-order valence-corrected chi connectivity index (χ0v) is 6.70. The topological polar surface area (TPSA) is 26.0 Å². The predicted molar refractivity (Wildman–Crippen MR) is 38.1 cm³/mol. The molecule has 3 heteroatoms. The summed E-state index contributed by atoms with van der Waals surface area (Å²) in [6.45, 7) is 5.37. The van der Waals surface area contributed by atoms with Gasteiger partial charge >= 0.3 is 0 Å². The molecule has 0 rings (SSSR count). The second-order valence-electron chi connectivity index (χ2n) is 3.20. The van der Waals surface area contributed by atoms with Gasteiger partial charge in [-0.2, -0.15) is 0 Å². The summed E-state index contributed by atoms with van der Waals surface area (Å²) in [6, 6.07) is -1.00. The van der Waals surface area contributed by atoms with Crippen LogP contribution in [0.5, 0.6) is 0 Å². The Morgan fingerprint density at radius 3 is 1.90 bits per heavy atom. The van der Waals surface area contributed by atoms with Gasteiger partial charge in [-0.1, -0.05) is 20.8 Å². The lowest BCUT2D eigenvalue weighted by molar-refractivity contribution is 0.0566. The molecule has 0 bridgehead atoms. The van der Waals surface area contributed by atoms with Crippen LogP contribution in [0, 0.1) is 5.41 Å². The number of halogens is 2. The largest absolute Gasteiger partial charge is 0.322 e. The lowest BCUT2D eigenvalue weighted by Crippen LogP contribution is -2.42. The Morgan fingerprint density at radius 1 is 1.40 bits per heavy atom. The van der Waals surface area contributed by atoms with E-state index in [4.69, 9.17) is 5.73 Å². The zero-order valence-electron chi connectivity index (χ0n) is 6.70. The van der Waals surface area contributed by atoms with Gasteiger partial charge in [-0.15, -0.1) is 0 Å². The van der Waals surface area contributed by atoms with Gasteiger partial charge in [0.05, 0.1) is 6.04 Å². The molecule has 0 aromatic heterocycles. The summed E-state index contributed by atoms with van der Waals surface area (Å²) in [7, 11) is 0. The summed E-state index contributed by atoms with van der Waals surface area (Å²) in [4.78, 5) is 0. The highest BCUT2D eigenvalue weighted by molar-refractivity contribution is 4.81. The number of nitrogens with two attached hydrogens (primary N) is 1. The Labute approximate surface area is 60.6 Å². The van der Waals surface area contributed by atoms with Gasteiger partial charge < -0.3 is 5.73 Å². The zero-order chi connectivity index (χ0) is 8.36. The minimum absolute atomic E-state index is 0.450. The molecule has 0 radical (unpaired) electrons. The fourth-order valence-electron chi connectivity index (χ4n) is 0.577. The first kappa shape index (κ1) is 9.82. The smallest absolute Gasteiger partial charge is 0.253 e. The third kappa shape index (κ3) is 2.21. The highest BCUT2D eigenvalue weighted by Gasteiger charge is 2.31. The van der Waals surface area contributed by atoms with Crippen LogP contribution in [0.25, 0.3) is 0 Å². The van der Waals surface area contributed by atoms with E-state index < -0.39 is 17.9 Å². The molecular formula is C7H15F2N. The highest BCUT2D eigenvalue weighted by atomic mass is 19.3. The van der Waals surface area contributed by atoms with Gasteiger partial charge in [0.2, 0.25) is 0 Å². The van der Waals surface area contributed by atoms with Crippen molar-refractivity contribution >= 4 is 0 Å². The fourth-order valence-corrected chi connectivity index (χ4v) is 0.577. The Kier molecular flexibility index (Phi) is 3.22. The minimum atomic E-state index is -2.41. The van der Waals surface area contributed by atoms with E-state index in [9.17, 15) is 8.78 Å². The molecule has 0 fully saturated rings. The van der Waals surface area contributed by atoms with E-state index in [0.717, 1.165) is 0 Å². The second kappa shape index (κ2) is 3.28. The van der Waals surface area contributed by atoms with E-state index in [2.05, 4.69) is 0 Å². The number of hydrogen-bond acceptors (Lipinski definition) is 1. The molecule has 0 aromatic rings. The van der Waals surface area contributed by atoms with Crippen molar-refractivity contribution < 1.29 is 8.78 Å². The SMILES string of the molecule is CCC(C)(C)C(N)C(F)F. The van der Waals surface area contributed by atoms with Crippen molar-refractivity contribution in [2.24, 2.45) is 11.1 Å². The first-order chi connectivity index (χ1) is 4.41. The van der Waals surface area contributed by atoms with Gasteiger partial charge in [0.25, 0.3) is 6.43 Å². The second-order valence-corrected chi connectivity index (χ2v) is 3.20. The van der Waals surface area contributed by atoms with Crippen LogP contribution in [0.2, 0.25) is 0 Å². The molecular weight excluding hydrogens is 136 g/mol. The molecule has 10 heavy (non-hydrogen) atoms. The first-order valence-corrected chi connectivity index (χ1v) is 3.45. The maximum Gasteiger partial charge on any atom is 0.253 e. The molecule has 0 aliphatic rings. The average molecular weight is 151 g/mol. The van der Waals surface area contributed by atoms with Crippen molar-refractivity contribution in [2.45, 2.75) is 39.7 Å². The van der Waals surface area contributed by atoms with Gasteiger partial charge in [-0.05, 0) is 11.8 Å². The van der Waals surface area contributed by atoms with Crippen molar-refractivity contribution in [1.82, 2.24) is 0 Å². The third-order valence-electron chi connectivity index (χ3n) is 2.09. The van der Waals surface area contributed by atoms with Crippen molar-refractivity contribution in [3.8, 4) is 0 Å². The van der Waals surface area contributed by atoms with Gasteiger partial charge in [-0.3, -0.25) is 0 Å². The molecule has 0 saturated carbocycles. The summed E-state index contributed by atoms with van der Waals surface area (Å²) in [5, 5.41) is 0. The molecule has 0 aliphatic carbocycles. The molecule has 2 N–H and O–H groups in total. The van der Waals surface area contributed by atoms with Crippen LogP contribution in [-0.2, 0) is 0 Å². The molecule has 1 nitrogen and oxygen atoms in total. The Bertz CT molecular complexity index is 102. The standard InChI is InChI=1S/C7H15F2N/c1-4-7(2,3)5(10)6(8)9/h5-6H,4,10H2,1-3H3. The van der Waals surface area contributed by atoms with E-state index in [1.165, 1.54) is 0 Å². The average Bonchev–Trinajstić information content (AvgIpc) is 1.86. The number of alkyl halides is 2. The molecule has 0 spiro atoms. The Balaban J connectivity index is 4.03. The van der Waals surface area contributed by atoms with Crippen molar-refractivity contribution in [2.75, 3.05) is 0 Å². The monoisotopic (exact) mass is 151 g/mol. The van der Waals surface area contributed by atoms with Crippen molar-refractivity contribution in [3.05, 3.63) is 0 Å². The van der Waals surface area contributed by atoms with Gasteiger partial charge in [0.15, 0.2) is 0 Å². The van der Waals surface area contributed by atoms with Crippen molar-refractivity contribution in [3.63, 3.8) is 0 Å². The summed E-state index contributed by atoms with van der Waals surface area (Å²) in [5.41, 5.74) is 4.80. The summed E-state index contributed by atoms with van der Waals surface area (Å²) >= 11 is 0. The molecule has 0 aliphatic heterocycles. The molecule has 0 saturated heterocycles. The normalized spacial score (nSPS) is 15.9. The number of hydrogen-bond donors (Lipinski definition) is 1. The molecule has 1 unspecified atom stereocenters. The Morgan fingerprint density at radius 2 is 1.80 bits per heavy atom. The van der Waals surface area contributed by atoms with E-state index in [-0.39, 0.29) is 0 Å². The first-order valence-electron chi connectivity index (χ1n) is 3.45. The van der Waals surface area contributed by atoms with E-state index in [1.54, 1.807) is 13.8 Å². The van der Waals surface area contributed by atoms with Gasteiger partial charge in [0, 0.05) is 0 Å². The van der Waals surface area contributed by atoms with Gasteiger partial charge in [0.1, 0.15) is 0 Å². The van der Waals surface area contributed by atoms with E-state index in [1.807, 2.05) is 6.92 Å². The van der Waals surface area contributed by atoms with Crippen LogP contribution in [0.3, 0.4) is 0 Å². The van der Waals surface area contributed by atoms with E-state index in [0.29, 0.717) is 6.42 Å². The lowest BCUT2D eigenvalue weighted by atomic mass is 9.83. The maximum atomic E-state index is 12.0. The molecule has 0 aromatic carbocycles. The van der Waals surface area contributed by atoms with E-state index >= 15 is 0 Å². The summed E-state index contributed by atoms with van der Waals surface area (Å²) < 4.78 is 24.0. The van der Waals surface area contributed by atoms with Crippen LogP contribution in [0.15, 0.2) is 0 Å². The fraction of sp³-hybridized carbons (Fsp3) is 1.00. The minimum Gasteiger partial charge on any atom is -0.322 e. The van der Waals surface area contributed by atoms with Crippen LogP contribution in [-0.4, -0.2) is 12.5 Å². The van der Waals surface area contributed by atoms with Crippen LogP contribution < -0.4 is 5.73 Å². The summed E-state index contributed by atoms with van der Waals surface area (Å²) in [5.74, 6) is 0. The van der Waals surface area contributed by atoms with Crippen molar-refractivity contribution in [1.29, 1.82) is 0 Å². The van der Waals surface area contributed by atoms with Gasteiger partial charge in [-0.25, -0.2) is 8.78 Å². The molecule has 0 amide bonds. The highest BCUT2D eigenvalue weighted by Crippen LogP contribution is 2.26. The lowest BCUT2D eigenvalue weighted by Gasteiger charge is -2.29. The summed E-state index contributed by atoms with van der Waals surface area (Å²) in [6.07, 6.45) is -1.73. The predicted octanol–water partition coefficient (Wildman–Crippen LogP) is 2.01. The molecule has 0 heterocycles. The van der Waals surface area contributed by atoms with Crippen LogP contribution in [0.1, 0.15) is 27.2 Å². The maximum absolute atomic E-state index is 12.0. The quantitative estimate of drug-likeness (QED) is 0.656.